The van der Waals surface area contributed by atoms with Crippen LogP contribution >= 0.6 is 0 Å². The molecule has 188 valence electrons. The van der Waals surface area contributed by atoms with Crippen LogP contribution in [-0.4, -0.2) is 64.5 Å². The summed E-state index contributed by atoms with van der Waals surface area (Å²) in [4.78, 5) is 31.9. The maximum atomic E-state index is 12.7. The van der Waals surface area contributed by atoms with Crippen molar-refractivity contribution in [1.82, 2.24) is 19.7 Å². The molecule has 3 aromatic carbocycles. The summed E-state index contributed by atoms with van der Waals surface area (Å²) in [5.41, 5.74) is 3.33. The van der Waals surface area contributed by atoms with Crippen molar-refractivity contribution in [2.24, 2.45) is 0 Å². The minimum Gasteiger partial charge on any atom is -0.450 e. The lowest BCUT2D eigenvalue weighted by atomic mass is 10.2. The Morgan fingerprint density at radius 1 is 0.892 bits per heavy atom. The maximum absolute atomic E-state index is 12.7. The molecular weight excluding hydrogens is 470 g/mol. The van der Waals surface area contributed by atoms with Crippen molar-refractivity contribution in [3.8, 4) is 17.1 Å². The summed E-state index contributed by atoms with van der Waals surface area (Å²) < 4.78 is 12.2. The molecule has 4 aromatic rings. The molecule has 5 rings (SSSR count). The SMILES string of the molecule is O=C(COC(=O)c1nc(-c2ccccc2)n(-c2ccccc2)n1)Nc1ccc(CN2CCOCC2)cc1. The van der Waals surface area contributed by atoms with Crippen LogP contribution in [0.2, 0.25) is 0 Å². The molecule has 9 heteroatoms. The van der Waals surface area contributed by atoms with E-state index in [2.05, 4.69) is 20.3 Å². The van der Waals surface area contributed by atoms with E-state index in [1.165, 1.54) is 0 Å². The van der Waals surface area contributed by atoms with Gasteiger partial charge in [-0.25, -0.2) is 14.5 Å². The van der Waals surface area contributed by atoms with E-state index in [1.54, 1.807) is 4.68 Å². The van der Waals surface area contributed by atoms with Gasteiger partial charge in [-0.1, -0.05) is 60.7 Å². The molecule has 0 aliphatic carbocycles. The number of para-hydroxylation sites is 1. The van der Waals surface area contributed by atoms with E-state index in [-0.39, 0.29) is 5.82 Å². The van der Waals surface area contributed by atoms with Gasteiger partial charge >= 0.3 is 5.97 Å². The lowest BCUT2D eigenvalue weighted by Crippen LogP contribution is -2.35. The van der Waals surface area contributed by atoms with Crippen LogP contribution in [0.15, 0.2) is 84.9 Å². The van der Waals surface area contributed by atoms with Gasteiger partial charge in [0.25, 0.3) is 11.7 Å². The number of hydrogen-bond donors (Lipinski definition) is 1. The number of ether oxygens (including phenoxy) is 2. The largest absolute Gasteiger partial charge is 0.450 e. The summed E-state index contributed by atoms with van der Waals surface area (Å²) in [5, 5.41) is 7.12. The number of amides is 1. The Hall–Kier alpha value is -4.34. The molecule has 0 bridgehead atoms. The van der Waals surface area contributed by atoms with Gasteiger partial charge in [-0.05, 0) is 29.8 Å². The highest BCUT2D eigenvalue weighted by atomic mass is 16.5. The van der Waals surface area contributed by atoms with Gasteiger partial charge in [-0.3, -0.25) is 9.69 Å². The minimum absolute atomic E-state index is 0.122. The Kier molecular flexibility index (Phi) is 7.63. The third kappa shape index (κ3) is 6.27. The first-order valence-corrected chi connectivity index (χ1v) is 12.1. The molecule has 1 fully saturated rings. The molecule has 1 aromatic heterocycles. The number of carbonyl (C=O) groups is 2. The molecule has 37 heavy (non-hydrogen) atoms. The highest BCUT2D eigenvalue weighted by Gasteiger charge is 2.21. The van der Waals surface area contributed by atoms with Crippen molar-refractivity contribution < 1.29 is 19.1 Å². The lowest BCUT2D eigenvalue weighted by molar-refractivity contribution is -0.119. The van der Waals surface area contributed by atoms with Crippen molar-refractivity contribution in [3.63, 3.8) is 0 Å². The standard InChI is InChI=1S/C28H27N5O4/c34-25(29-23-13-11-21(12-14-23)19-32-15-17-36-18-16-32)20-37-28(35)26-30-27(22-7-3-1-4-8-22)33(31-26)24-9-5-2-6-10-24/h1-14H,15-20H2,(H,29,34). The van der Waals surface area contributed by atoms with Crippen molar-refractivity contribution in [2.45, 2.75) is 6.54 Å². The third-order valence-corrected chi connectivity index (χ3v) is 5.90. The van der Waals surface area contributed by atoms with Gasteiger partial charge in [-0.15, -0.1) is 5.10 Å². The van der Waals surface area contributed by atoms with E-state index < -0.39 is 18.5 Å². The minimum atomic E-state index is -0.775. The van der Waals surface area contributed by atoms with E-state index in [0.717, 1.165) is 49.7 Å². The molecule has 0 spiro atoms. The van der Waals surface area contributed by atoms with Crippen LogP contribution in [0.4, 0.5) is 5.69 Å². The number of aromatic nitrogens is 3. The van der Waals surface area contributed by atoms with Crippen molar-refractivity contribution in [2.75, 3.05) is 38.2 Å². The van der Waals surface area contributed by atoms with Crippen LogP contribution < -0.4 is 5.32 Å². The molecule has 0 atom stereocenters. The molecule has 1 amide bonds. The zero-order valence-electron chi connectivity index (χ0n) is 20.2. The molecule has 1 N–H and O–H groups in total. The Bertz CT molecular complexity index is 1280. The normalized spacial score (nSPS) is 13.7. The zero-order valence-corrected chi connectivity index (χ0v) is 20.2. The second-order valence-corrected chi connectivity index (χ2v) is 8.58. The van der Waals surface area contributed by atoms with Gasteiger partial charge in [0.2, 0.25) is 0 Å². The number of benzene rings is 3. The first-order valence-electron chi connectivity index (χ1n) is 12.1. The van der Waals surface area contributed by atoms with E-state index in [9.17, 15) is 9.59 Å². The lowest BCUT2D eigenvalue weighted by Gasteiger charge is -2.26. The predicted octanol–water partition coefficient (Wildman–Crippen LogP) is 3.56. The van der Waals surface area contributed by atoms with Crippen LogP contribution in [0.25, 0.3) is 17.1 Å². The Morgan fingerprint density at radius 3 is 2.27 bits per heavy atom. The zero-order chi connectivity index (χ0) is 25.5. The van der Waals surface area contributed by atoms with Crippen LogP contribution in [-0.2, 0) is 20.8 Å². The third-order valence-electron chi connectivity index (χ3n) is 5.90. The quantitative estimate of drug-likeness (QED) is 0.372. The summed E-state index contributed by atoms with van der Waals surface area (Å²) in [6, 6.07) is 26.5. The smallest absolute Gasteiger partial charge is 0.378 e. The highest BCUT2D eigenvalue weighted by molar-refractivity contribution is 5.94. The molecular formula is C28H27N5O4. The van der Waals surface area contributed by atoms with Crippen molar-refractivity contribution in [3.05, 3.63) is 96.3 Å². The van der Waals surface area contributed by atoms with E-state index in [4.69, 9.17) is 9.47 Å². The van der Waals surface area contributed by atoms with Crippen LogP contribution in [0.1, 0.15) is 16.2 Å². The van der Waals surface area contributed by atoms with Gasteiger partial charge < -0.3 is 14.8 Å². The molecule has 0 unspecified atom stereocenters. The Morgan fingerprint density at radius 2 is 1.57 bits per heavy atom. The van der Waals surface area contributed by atoms with Crippen LogP contribution in [0.3, 0.4) is 0 Å². The molecule has 0 radical (unpaired) electrons. The van der Waals surface area contributed by atoms with E-state index >= 15 is 0 Å². The number of esters is 1. The van der Waals surface area contributed by atoms with E-state index in [1.807, 2.05) is 84.9 Å². The monoisotopic (exact) mass is 497 g/mol. The average Bonchev–Trinajstić information content (AvgIpc) is 3.40. The van der Waals surface area contributed by atoms with Crippen molar-refractivity contribution in [1.29, 1.82) is 0 Å². The fourth-order valence-electron chi connectivity index (χ4n) is 4.03. The van der Waals surface area contributed by atoms with Gasteiger partial charge in [0.15, 0.2) is 12.4 Å². The van der Waals surface area contributed by atoms with Gasteiger partial charge in [-0.2, -0.15) is 0 Å². The Balaban J connectivity index is 1.20. The topological polar surface area (TPSA) is 98.6 Å². The fourth-order valence-corrected chi connectivity index (χ4v) is 4.03. The second-order valence-electron chi connectivity index (χ2n) is 8.58. The molecule has 1 saturated heterocycles. The summed E-state index contributed by atoms with van der Waals surface area (Å²) in [7, 11) is 0. The first kappa shape index (κ1) is 24.4. The van der Waals surface area contributed by atoms with Gasteiger partial charge in [0.1, 0.15) is 0 Å². The highest BCUT2D eigenvalue weighted by Crippen LogP contribution is 2.21. The summed E-state index contributed by atoms with van der Waals surface area (Å²) in [5.74, 6) is -0.841. The summed E-state index contributed by atoms with van der Waals surface area (Å²) >= 11 is 0. The average molecular weight is 498 g/mol. The number of hydrogen-bond acceptors (Lipinski definition) is 7. The van der Waals surface area contributed by atoms with E-state index in [0.29, 0.717) is 11.5 Å². The number of rotatable bonds is 8. The van der Waals surface area contributed by atoms with Crippen molar-refractivity contribution >= 4 is 17.6 Å². The fraction of sp³-hybridized carbons (Fsp3) is 0.214. The van der Waals surface area contributed by atoms with Gasteiger partial charge in [0, 0.05) is 30.9 Å². The number of anilines is 1. The summed E-state index contributed by atoms with van der Waals surface area (Å²) in [6.07, 6.45) is 0. The number of nitrogens with zero attached hydrogens (tertiary/aromatic N) is 4. The molecule has 0 saturated carbocycles. The summed E-state index contributed by atoms with van der Waals surface area (Å²) in [6.45, 7) is 3.72. The maximum Gasteiger partial charge on any atom is 0.378 e. The number of carbonyl (C=O) groups excluding carboxylic acids is 2. The molecule has 9 nitrogen and oxygen atoms in total. The number of morpholine rings is 1. The second kappa shape index (κ2) is 11.6. The molecule has 2 heterocycles. The predicted molar refractivity (Wildman–Crippen MR) is 138 cm³/mol. The van der Waals surface area contributed by atoms with Crippen LogP contribution in [0, 0.1) is 0 Å². The molecule has 1 aliphatic rings. The van der Waals surface area contributed by atoms with Gasteiger partial charge in [0.05, 0.1) is 18.9 Å². The molecule has 1 aliphatic heterocycles. The number of nitrogens with one attached hydrogen (secondary N) is 1. The first-order chi connectivity index (χ1) is 18.2. The van der Waals surface area contributed by atoms with Crippen LogP contribution in [0.5, 0.6) is 0 Å². The Labute approximate surface area is 214 Å².